The van der Waals surface area contributed by atoms with Gasteiger partial charge in [-0.1, -0.05) is 19.3 Å². The predicted octanol–water partition coefficient (Wildman–Crippen LogP) is 0.837. The number of hydrogen-bond acceptors (Lipinski definition) is 6. The fourth-order valence-electron chi connectivity index (χ4n) is 5.54. The average Bonchev–Trinajstić information content (AvgIpc) is 2.67. The number of hydrogen-bond donors (Lipinski definition) is 4. The van der Waals surface area contributed by atoms with Gasteiger partial charge in [0.25, 0.3) is 0 Å². The summed E-state index contributed by atoms with van der Waals surface area (Å²) in [6.45, 7) is 0. The Morgan fingerprint density at radius 2 is 1.92 bits per heavy atom. The summed E-state index contributed by atoms with van der Waals surface area (Å²) < 4.78 is 6.23. The van der Waals surface area contributed by atoms with Crippen molar-refractivity contribution in [1.29, 1.82) is 0 Å². The molecule has 0 aromatic heterocycles. The first-order valence-electron chi connectivity index (χ1n) is 10.2. The molecule has 3 aliphatic heterocycles. The van der Waals surface area contributed by atoms with Gasteiger partial charge in [0.05, 0.1) is 30.1 Å². The van der Waals surface area contributed by atoms with E-state index in [-0.39, 0.29) is 36.2 Å². The van der Waals surface area contributed by atoms with Crippen molar-refractivity contribution in [1.82, 2.24) is 16.0 Å². The highest BCUT2D eigenvalue weighted by molar-refractivity contribution is 5.89. The molecule has 3 heterocycles. The second-order valence-electron chi connectivity index (χ2n) is 8.44. The Labute approximate surface area is 154 Å². The fourth-order valence-corrected chi connectivity index (χ4v) is 5.54. The standard InChI is InChI=1S/C19H31N3O4/c1-20-17-12(19(24)25)9-11-16(23)15-14(26-18(11)22-17)8-7-13(21-15)10-5-3-2-4-6-10/h10-15,17-18,20-22H,2-9H2,1H3,(H,24,25). The van der Waals surface area contributed by atoms with Crippen LogP contribution < -0.4 is 16.0 Å². The van der Waals surface area contributed by atoms with E-state index in [9.17, 15) is 14.7 Å². The molecule has 4 rings (SSSR count). The molecule has 7 heteroatoms. The normalized spacial score (nSPS) is 44.2. The molecule has 4 N–H and O–H groups in total. The molecule has 0 aromatic rings. The van der Waals surface area contributed by atoms with Crippen LogP contribution in [0.5, 0.6) is 0 Å². The van der Waals surface area contributed by atoms with Gasteiger partial charge in [-0.3, -0.25) is 14.9 Å². The van der Waals surface area contributed by atoms with E-state index in [4.69, 9.17) is 4.74 Å². The summed E-state index contributed by atoms with van der Waals surface area (Å²) in [4.78, 5) is 24.8. The van der Waals surface area contributed by atoms with Crippen LogP contribution in [0.1, 0.15) is 51.4 Å². The molecule has 7 nitrogen and oxygen atoms in total. The zero-order chi connectivity index (χ0) is 18.3. The molecule has 4 aliphatic rings. The number of carboxylic acids is 1. The van der Waals surface area contributed by atoms with Gasteiger partial charge in [0.15, 0.2) is 5.78 Å². The van der Waals surface area contributed by atoms with Crippen LogP contribution in [0.15, 0.2) is 0 Å². The van der Waals surface area contributed by atoms with E-state index >= 15 is 0 Å². The van der Waals surface area contributed by atoms with Crippen molar-refractivity contribution < 1.29 is 19.4 Å². The predicted molar refractivity (Wildman–Crippen MR) is 95.4 cm³/mol. The monoisotopic (exact) mass is 365 g/mol. The Balaban J connectivity index is 1.46. The van der Waals surface area contributed by atoms with Gasteiger partial charge >= 0.3 is 5.97 Å². The smallest absolute Gasteiger partial charge is 0.309 e. The fraction of sp³-hybridized carbons (Fsp3) is 0.895. The Kier molecular flexibility index (Phi) is 5.32. The summed E-state index contributed by atoms with van der Waals surface area (Å²) >= 11 is 0. The van der Waals surface area contributed by atoms with Crippen molar-refractivity contribution in [2.24, 2.45) is 17.8 Å². The van der Waals surface area contributed by atoms with Crippen LogP contribution in [-0.2, 0) is 14.3 Å². The Morgan fingerprint density at radius 1 is 1.15 bits per heavy atom. The zero-order valence-corrected chi connectivity index (χ0v) is 15.4. The summed E-state index contributed by atoms with van der Waals surface area (Å²) in [5.41, 5.74) is 0. The van der Waals surface area contributed by atoms with Crippen LogP contribution in [0, 0.1) is 17.8 Å². The minimum absolute atomic E-state index is 0.102. The number of nitrogens with one attached hydrogen (secondary N) is 3. The first-order chi connectivity index (χ1) is 12.6. The number of ether oxygens (including phenoxy) is 1. The van der Waals surface area contributed by atoms with Crippen molar-refractivity contribution in [3.63, 3.8) is 0 Å². The maximum absolute atomic E-state index is 13.2. The second-order valence-corrected chi connectivity index (χ2v) is 8.44. The van der Waals surface area contributed by atoms with Crippen molar-refractivity contribution in [3.8, 4) is 0 Å². The van der Waals surface area contributed by atoms with Crippen LogP contribution in [0.2, 0.25) is 0 Å². The van der Waals surface area contributed by atoms with E-state index in [2.05, 4.69) is 16.0 Å². The molecule has 1 saturated carbocycles. The van der Waals surface area contributed by atoms with Gasteiger partial charge in [0.2, 0.25) is 0 Å². The Bertz CT molecular complexity index is 551. The SMILES string of the molecule is CNC1NC2OC3CCC(C4CCCCC4)NC3C(=O)C2CC1C(=O)O. The molecular formula is C19H31N3O4. The van der Waals surface area contributed by atoms with Crippen LogP contribution in [0.3, 0.4) is 0 Å². The van der Waals surface area contributed by atoms with E-state index in [0.717, 1.165) is 12.8 Å². The zero-order valence-electron chi connectivity index (χ0n) is 15.4. The van der Waals surface area contributed by atoms with Crippen molar-refractivity contribution in [2.45, 2.75) is 81.9 Å². The number of Topliss-reactive ketones (excluding diaryl/α,β-unsaturated/α-hetero) is 1. The van der Waals surface area contributed by atoms with Crippen molar-refractivity contribution in [3.05, 3.63) is 0 Å². The highest BCUT2D eigenvalue weighted by atomic mass is 16.5. The summed E-state index contributed by atoms with van der Waals surface area (Å²) in [6.07, 6.45) is 7.86. The van der Waals surface area contributed by atoms with Crippen LogP contribution in [0.25, 0.3) is 0 Å². The second kappa shape index (κ2) is 7.54. The number of aliphatic carboxylic acids is 1. The molecule has 0 spiro atoms. The molecule has 0 amide bonds. The molecular weight excluding hydrogens is 334 g/mol. The molecule has 7 unspecified atom stereocenters. The van der Waals surface area contributed by atoms with Crippen molar-refractivity contribution >= 4 is 11.8 Å². The topological polar surface area (TPSA) is 99.7 Å². The number of carboxylic acid groups (broad SMARTS) is 1. The molecule has 0 bridgehead atoms. The highest BCUT2D eigenvalue weighted by Gasteiger charge is 2.52. The van der Waals surface area contributed by atoms with Gasteiger partial charge in [-0.25, -0.2) is 0 Å². The van der Waals surface area contributed by atoms with E-state index < -0.39 is 11.9 Å². The van der Waals surface area contributed by atoms with Crippen LogP contribution in [-0.4, -0.2) is 54.5 Å². The first kappa shape index (κ1) is 18.3. The summed E-state index contributed by atoms with van der Waals surface area (Å²) in [6, 6.07) is 0.122. The average molecular weight is 365 g/mol. The number of fused-ring (bicyclic) bond motifs is 2. The maximum atomic E-state index is 13.2. The molecule has 3 saturated heterocycles. The Hall–Kier alpha value is -1.02. The third-order valence-corrected chi connectivity index (χ3v) is 6.99. The first-order valence-corrected chi connectivity index (χ1v) is 10.2. The van der Waals surface area contributed by atoms with Gasteiger partial charge in [-0.2, -0.15) is 0 Å². The number of carbonyl (C=O) groups excluding carboxylic acids is 1. The minimum atomic E-state index is -0.873. The van der Waals surface area contributed by atoms with Gasteiger partial charge in [0.1, 0.15) is 6.23 Å². The van der Waals surface area contributed by atoms with Crippen molar-refractivity contribution in [2.75, 3.05) is 7.05 Å². The lowest BCUT2D eigenvalue weighted by Gasteiger charge is -2.50. The van der Waals surface area contributed by atoms with Gasteiger partial charge in [-0.15, -0.1) is 0 Å². The number of carbonyl (C=O) groups is 2. The van der Waals surface area contributed by atoms with E-state index in [0.29, 0.717) is 18.4 Å². The molecule has 1 aliphatic carbocycles. The molecule has 0 aromatic carbocycles. The minimum Gasteiger partial charge on any atom is -0.481 e. The van der Waals surface area contributed by atoms with Gasteiger partial charge < -0.3 is 20.5 Å². The largest absolute Gasteiger partial charge is 0.481 e. The van der Waals surface area contributed by atoms with Crippen LogP contribution in [0.4, 0.5) is 0 Å². The maximum Gasteiger partial charge on any atom is 0.309 e. The lowest BCUT2D eigenvalue weighted by molar-refractivity contribution is -0.177. The molecule has 146 valence electrons. The quantitative estimate of drug-likeness (QED) is 0.588. The number of rotatable bonds is 3. The van der Waals surface area contributed by atoms with E-state index in [1.807, 2.05) is 0 Å². The Morgan fingerprint density at radius 3 is 2.62 bits per heavy atom. The number of piperidine rings is 2. The highest BCUT2D eigenvalue weighted by Crippen LogP contribution is 2.37. The summed E-state index contributed by atoms with van der Waals surface area (Å²) in [5.74, 6) is -1.08. The lowest BCUT2D eigenvalue weighted by Crippen LogP contribution is -2.70. The van der Waals surface area contributed by atoms with Gasteiger partial charge in [-0.05, 0) is 45.1 Å². The summed E-state index contributed by atoms with van der Waals surface area (Å²) in [7, 11) is 1.73. The molecule has 4 fully saturated rings. The third kappa shape index (κ3) is 3.30. The van der Waals surface area contributed by atoms with Gasteiger partial charge in [0, 0.05) is 6.04 Å². The van der Waals surface area contributed by atoms with E-state index in [1.54, 1.807) is 7.05 Å². The summed E-state index contributed by atoms with van der Waals surface area (Å²) in [5, 5.41) is 19.3. The lowest BCUT2D eigenvalue weighted by atomic mass is 9.74. The molecule has 26 heavy (non-hydrogen) atoms. The molecule has 0 radical (unpaired) electrons. The van der Waals surface area contributed by atoms with E-state index in [1.165, 1.54) is 32.1 Å². The molecule has 7 atom stereocenters. The third-order valence-electron chi connectivity index (χ3n) is 6.99. The van der Waals surface area contributed by atoms with Crippen LogP contribution >= 0.6 is 0 Å². The number of ketones is 1.